The molecule has 0 saturated carbocycles. The lowest BCUT2D eigenvalue weighted by molar-refractivity contribution is -0.137. The van der Waals surface area contributed by atoms with E-state index in [1.54, 1.807) is 7.05 Å². The molecule has 0 spiro atoms. The highest BCUT2D eigenvalue weighted by atomic mass is 19.4. The molecule has 0 heterocycles. The van der Waals surface area contributed by atoms with E-state index in [-0.39, 0.29) is 18.1 Å². The predicted octanol–water partition coefficient (Wildman–Crippen LogP) is 1.86. The second-order valence-electron chi connectivity index (χ2n) is 3.16. The van der Waals surface area contributed by atoms with Gasteiger partial charge in [0, 0.05) is 5.69 Å². The number of benzene rings is 1. The maximum absolute atomic E-state index is 12.3. The first-order valence-corrected chi connectivity index (χ1v) is 4.55. The van der Waals surface area contributed by atoms with Gasteiger partial charge in [0.2, 0.25) is 5.91 Å². The molecule has 1 aromatic carbocycles. The first-order chi connectivity index (χ1) is 7.43. The summed E-state index contributed by atoms with van der Waals surface area (Å²) in [6, 6.07) is 4.50. The van der Waals surface area contributed by atoms with Crippen molar-refractivity contribution < 1.29 is 18.0 Å². The molecule has 0 radical (unpaired) electrons. The van der Waals surface area contributed by atoms with E-state index >= 15 is 0 Å². The molecular formula is C10H11F3N2O. The van der Waals surface area contributed by atoms with E-state index in [4.69, 9.17) is 0 Å². The zero-order chi connectivity index (χ0) is 12.2. The van der Waals surface area contributed by atoms with E-state index in [2.05, 4.69) is 10.6 Å². The Hall–Kier alpha value is -1.56. The molecule has 1 amide bonds. The van der Waals surface area contributed by atoms with Crippen LogP contribution in [0, 0.1) is 0 Å². The summed E-state index contributed by atoms with van der Waals surface area (Å²) in [6.45, 7) is 0.0518. The zero-order valence-corrected chi connectivity index (χ0v) is 8.56. The normalized spacial score (nSPS) is 11.2. The van der Waals surface area contributed by atoms with Crippen LogP contribution in [0.3, 0.4) is 0 Å². The van der Waals surface area contributed by atoms with E-state index in [0.717, 1.165) is 12.1 Å². The fraction of sp³-hybridized carbons (Fsp3) is 0.300. The van der Waals surface area contributed by atoms with Crippen molar-refractivity contribution in [3.63, 3.8) is 0 Å². The smallest absolute Gasteiger partial charge is 0.325 e. The predicted molar refractivity (Wildman–Crippen MR) is 54.0 cm³/mol. The summed E-state index contributed by atoms with van der Waals surface area (Å²) in [5, 5.41) is 4.95. The van der Waals surface area contributed by atoms with Crippen LogP contribution in [0.2, 0.25) is 0 Å². The number of anilines is 1. The summed E-state index contributed by atoms with van der Waals surface area (Å²) in [5.74, 6) is -0.387. The molecule has 0 aliphatic heterocycles. The summed E-state index contributed by atoms with van der Waals surface area (Å²) in [7, 11) is 1.58. The van der Waals surface area contributed by atoms with Gasteiger partial charge in [-0.1, -0.05) is 6.07 Å². The molecule has 0 atom stereocenters. The Morgan fingerprint density at radius 1 is 1.38 bits per heavy atom. The summed E-state index contributed by atoms with van der Waals surface area (Å²) in [6.07, 6.45) is -4.40. The summed E-state index contributed by atoms with van der Waals surface area (Å²) in [5.41, 5.74) is -0.648. The molecule has 1 aromatic rings. The lowest BCUT2D eigenvalue weighted by atomic mass is 10.2. The molecule has 0 bridgehead atoms. The van der Waals surface area contributed by atoms with Crippen LogP contribution in [-0.2, 0) is 11.0 Å². The number of likely N-dealkylation sites (N-methyl/N-ethyl adjacent to an activating group) is 1. The quantitative estimate of drug-likeness (QED) is 0.835. The molecule has 0 aromatic heterocycles. The highest BCUT2D eigenvalue weighted by molar-refractivity contribution is 5.92. The molecule has 1 rings (SSSR count). The molecule has 16 heavy (non-hydrogen) atoms. The number of rotatable bonds is 3. The van der Waals surface area contributed by atoms with E-state index in [1.165, 1.54) is 12.1 Å². The molecule has 0 unspecified atom stereocenters. The Balaban J connectivity index is 2.79. The number of halogens is 3. The van der Waals surface area contributed by atoms with Gasteiger partial charge in [-0.25, -0.2) is 0 Å². The maximum atomic E-state index is 12.3. The van der Waals surface area contributed by atoms with Crippen LogP contribution in [-0.4, -0.2) is 19.5 Å². The minimum Gasteiger partial charge on any atom is -0.325 e. The Labute approximate surface area is 90.6 Å². The lowest BCUT2D eigenvalue weighted by Crippen LogP contribution is -2.25. The van der Waals surface area contributed by atoms with Crippen molar-refractivity contribution in [3.8, 4) is 0 Å². The van der Waals surface area contributed by atoms with Gasteiger partial charge in [-0.15, -0.1) is 0 Å². The number of hydrogen-bond donors (Lipinski definition) is 2. The minimum absolute atomic E-state index is 0.0518. The zero-order valence-electron chi connectivity index (χ0n) is 8.56. The topological polar surface area (TPSA) is 41.1 Å². The van der Waals surface area contributed by atoms with Crippen LogP contribution in [0.4, 0.5) is 18.9 Å². The maximum Gasteiger partial charge on any atom is 0.416 e. The average molecular weight is 232 g/mol. The second kappa shape index (κ2) is 4.98. The van der Waals surface area contributed by atoms with Crippen molar-refractivity contribution in [3.05, 3.63) is 29.8 Å². The Morgan fingerprint density at radius 2 is 2.06 bits per heavy atom. The molecule has 0 fully saturated rings. The third-order valence-electron chi connectivity index (χ3n) is 1.81. The highest BCUT2D eigenvalue weighted by Crippen LogP contribution is 2.30. The Morgan fingerprint density at radius 3 is 2.62 bits per heavy atom. The molecule has 3 nitrogen and oxygen atoms in total. The van der Waals surface area contributed by atoms with Crippen LogP contribution < -0.4 is 10.6 Å². The number of nitrogens with one attached hydrogen (secondary N) is 2. The number of carbonyl (C=O) groups excluding carboxylic acids is 1. The average Bonchev–Trinajstić information content (AvgIpc) is 2.17. The van der Waals surface area contributed by atoms with E-state index < -0.39 is 11.7 Å². The SMILES string of the molecule is CNCC(=O)Nc1cccc(C(F)(F)F)c1. The highest BCUT2D eigenvalue weighted by Gasteiger charge is 2.30. The van der Waals surface area contributed by atoms with Crippen LogP contribution in [0.25, 0.3) is 0 Å². The molecule has 88 valence electrons. The van der Waals surface area contributed by atoms with E-state index in [1.807, 2.05) is 0 Å². The Kier molecular flexibility index (Phi) is 3.89. The van der Waals surface area contributed by atoms with Crippen molar-refractivity contribution in [2.24, 2.45) is 0 Å². The van der Waals surface area contributed by atoms with Crippen molar-refractivity contribution in [2.45, 2.75) is 6.18 Å². The van der Waals surface area contributed by atoms with Crippen LogP contribution in [0.1, 0.15) is 5.56 Å². The van der Waals surface area contributed by atoms with E-state index in [0.29, 0.717) is 0 Å². The van der Waals surface area contributed by atoms with Gasteiger partial charge in [-0.3, -0.25) is 4.79 Å². The lowest BCUT2D eigenvalue weighted by Gasteiger charge is -2.09. The first kappa shape index (κ1) is 12.5. The standard InChI is InChI=1S/C10H11F3N2O/c1-14-6-9(16)15-8-4-2-3-7(5-8)10(11,12)13/h2-5,14H,6H2,1H3,(H,15,16). The van der Waals surface area contributed by atoms with Crippen LogP contribution in [0.15, 0.2) is 24.3 Å². The van der Waals surface area contributed by atoms with Gasteiger partial charge in [0.15, 0.2) is 0 Å². The van der Waals surface area contributed by atoms with Gasteiger partial charge in [0.25, 0.3) is 0 Å². The number of hydrogen-bond acceptors (Lipinski definition) is 2. The van der Waals surface area contributed by atoms with Crippen molar-refractivity contribution in [1.29, 1.82) is 0 Å². The fourth-order valence-corrected chi connectivity index (χ4v) is 1.14. The molecule has 2 N–H and O–H groups in total. The Bertz CT molecular complexity index is 377. The van der Waals surface area contributed by atoms with Crippen LogP contribution in [0.5, 0.6) is 0 Å². The molecule has 0 saturated heterocycles. The van der Waals surface area contributed by atoms with Gasteiger partial charge in [0.05, 0.1) is 12.1 Å². The van der Waals surface area contributed by atoms with Gasteiger partial charge in [-0.05, 0) is 25.2 Å². The van der Waals surface area contributed by atoms with Gasteiger partial charge in [0.1, 0.15) is 0 Å². The number of alkyl halides is 3. The summed E-state index contributed by atoms with van der Waals surface area (Å²) in [4.78, 5) is 11.1. The summed E-state index contributed by atoms with van der Waals surface area (Å²) >= 11 is 0. The first-order valence-electron chi connectivity index (χ1n) is 4.55. The monoisotopic (exact) mass is 232 g/mol. The third kappa shape index (κ3) is 3.54. The van der Waals surface area contributed by atoms with Gasteiger partial charge >= 0.3 is 6.18 Å². The second-order valence-corrected chi connectivity index (χ2v) is 3.16. The summed E-state index contributed by atoms with van der Waals surface area (Å²) < 4.78 is 37.0. The molecular weight excluding hydrogens is 221 g/mol. The minimum atomic E-state index is -4.40. The fourth-order valence-electron chi connectivity index (χ4n) is 1.14. The third-order valence-corrected chi connectivity index (χ3v) is 1.81. The van der Waals surface area contributed by atoms with Crippen molar-refractivity contribution in [2.75, 3.05) is 18.9 Å². The molecule has 6 heteroatoms. The number of carbonyl (C=O) groups is 1. The number of amides is 1. The molecule has 0 aliphatic rings. The van der Waals surface area contributed by atoms with Crippen molar-refractivity contribution in [1.82, 2.24) is 5.32 Å². The largest absolute Gasteiger partial charge is 0.416 e. The van der Waals surface area contributed by atoms with Gasteiger partial charge in [-0.2, -0.15) is 13.2 Å². The van der Waals surface area contributed by atoms with E-state index in [9.17, 15) is 18.0 Å². The molecule has 0 aliphatic carbocycles. The van der Waals surface area contributed by atoms with Gasteiger partial charge < -0.3 is 10.6 Å². The van der Waals surface area contributed by atoms with Crippen molar-refractivity contribution >= 4 is 11.6 Å². The van der Waals surface area contributed by atoms with Crippen LogP contribution >= 0.6 is 0 Å².